The van der Waals surface area contributed by atoms with Crippen molar-refractivity contribution in [3.05, 3.63) is 0 Å². The van der Waals surface area contributed by atoms with Crippen LogP contribution in [0, 0.1) is 11.8 Å². The van der Waals surface area contributed by atoms with Crippen LogP contribution in [0.15, 0.2) is 0 Å². The second-order valence-corrected chi connectivity index (χ2v) is 4.54. The van der Waals surface area contributed by atoms with E-state index in [4.69, 9.17) is 4.74 Å². The van der Waals surface area contributed by atoms with Gasteiger partial charge < -0.3 is 10.1 Å². The van der Waals surface area contributed by atoms with Crippen molar-refractivity contribution < 1.29 is 4.74 Å². The summed E-state index contributed by atoms with van der Waals surface area (Å²) in [6.07, 6.45) is 5.30. The van der Waals surface area contributed by atoms with Crippen molar-refractivity contribution in [3.8, 4) is 0 Å². The average Bonchev–Trinajstić information content (AvgIpc) is 2.60. The van der Waals surface area contributed by atoms with Gasteiger partial charge in [0.2, 0.25) is 0 Å². The molecular weight excluding hydrogens is 174 g/mol. The SMILES string of the molecule is CCCOCC(NC)C1CCCC1C. The highest BCUT2D eigenvalue weighted by atomic mass is 16.5. The van der Waals surface area contributed by atoms with E-state index >= 15 is 0 Å². The molecule has 1 fully saturated rings. The predicted molar refractivity (Wildman–Crippen MR) is 60.5 cm³/mol. The predicted octanol–water partition coefficient (Wildman–Crippen LogP) is 2.44. The zero-order chi connectivity index (χ0) is 10.4. The van der Waals surface area contributed by atoms with E-state index in [1.807, 2.05) is 0 Å². The van der Waals surface area contributed by atoms with Crippen molar-refractivity contribution >= 4 is 0 Å². The van der Waals surface area contributed by atoms with Crippen LogP contribution in [0.1, 0.15) is 39.5 Å². The van der Waals surface area contributed by atoms with Gasteiger partial charge in [-0.15, -0.1) is 0 Å². The third-order valence-electron chi connectivity index (χ3n) is 3.46. The summed E-state index contributed by atoms with van der Waals surface area (Å²) in [5.41, 5.74) is 0. The Morgan fingerprint density at radius 2 is 2.21 bits per heavy atom. The Bertz CT molecular complexity index is 149. The fourth-order valence-electron chi connectivity index (χ4n) is 2.55. The standard InChI is InChI=1S/C12H25NO/c1-4-8-14-9-12(13-3)11-7-5-6-10(11)2/h10-13H,4-9H2,1-3H3. The van der Waals surface area contributed by atoms with Gasteiger partial charge in [0.15, 0.2) is 0 Å². The van der Waals surface area contributed by atoms with Crippen LogP contribution in [-0.4, -0.2) is 26.3 Å². The Labute approximate surface area is 88.4 Å². The Morgan fingerprint density at radius 1 is 1.43 bits per heavy atom. The van der Waals surface area contributed by atoms with Gasteiger partial charge in [-0.05, 0) is 31.7 Å². The average molecular weight is 199 g/mol. The van der Waals surface area contributed by atoms with Crippen molar-refractivity contribution in [2.45, 2.75) is 45.6 Å². The van der Waals surface area contributed by atoms with Gasteiger partial charge in [0.25, 0.3) is 0 Å². The number of hydrogen-bond acceptors (Lipinski definition) is 2. The smallest absolute Gasteiger partial charge is 0.0622 e. The van der Waals surface area contributed by atoms with Gasteiger partial charge in [-0.1, -0.05) is 26.7 Å². The van der Waals surface area contributed by atoms with Crippen molar-refractivity contribution in [2.24, 2.45) is 11.8 Å². The highest BCUT2D eigenvalue weighted by Gasteiger charge is 2.29. The van der Waals surface area contributed by atoms with Gasteiger partial charge in [-0.25, -0.2) is 0 Å². The first kappa shape index (κ1) is 12.0. The molecule has 1 saturated carbocycles. The number of hydrogen-bond donors (Lipinski definition) is 1. The fourth-order valence-corrected chi connectivity index (χ4v) is 2.55. The van der Waals surface area contributed by atoms with Gasteiger partial charge in [0.05, 0.1) is 6.61 Å². The molecule has 0 amide bonds. The Kier molecular flexibility index (Phi) is 5.49. The quantitative estimate of drug-likeness (QED) is 0.663. The first-order valence-corrected chi connectivity index (χ1v) is 6.04. The summed E-state index contributed by atoms with van der Waals surface area (Å²) in [5.74, 6) is 1.70. The number of nitrogens with one attached hydrogen (secondary N) is 1. The Morgan fingerprint density at radius 3 is 2.71 bits per heavy atom. The maximum absolute atomic E-state index is 5.63. The third-order valence-corrected chi connectivity index (χ3v) is 3.46. The lowest BCUT2D eigenvalue weighted by Gasteiger charge is -2.26. The molecule has 0 saturated heterocycles. The monoisotopic (exact) mass is 199 g/mol. The number of likely N-dealkylation sites (N-methyl/N-ethyl adjacent to an activating group) is 1. The molecule has 0 heterocycles. The van der Waals surface area contributed by atoms with Crippen LogP contribution in [0.25, 0.3) is 0 Å². The molecule has 3 unspecified atom stereocenters. The molecule has 0 aromatic heterocycles. The van der Waals surface area contributed by atoms with Gasteiger partial charge in [-0.2, -0.15) is 0 Å². The summed E-state index contributed by atoms with van der Waals surface area (Å²) in [4.78, 5) is 0. The van der Waals surface area contributed by atoms with Gasteiger partial charge in [-0.3, -0.25) is 0 Å². The summed E-state index contributed by atoms with van der Waals surface area (Å²) in [6, 6.07) is 0.569. The van der Waals surface area contributed by atoms with E-state index in [0.717, 1.165) is 31.5 Å². The van der Waals surface area contributed by atoms with Crippen LogP contribution >= 0.6 is 0 Å². The van der Waals surface area contributed by atoms with Crippen LogP contribution in [0.3, 0.4) is 0 Å². The second kappa shape index (κ2) is 6.41. The van der Waals surface area contributed by atoms with Crippen LogP contribution in [0.4, 0.5) is 0 Å². The minimum Gasteiger partial charge on any atom is -0.380 e. The first-order valence-electron chi connectivity index (χ1n) is 6.04. The van der Waals surface area contributed by atoms with Crippen molar-refractivity contribution in [1.29, 1.82) is 0 Å². The van der Waals surface area contributed by atoms with Crippen LogP contribution in [-0.2, 0) is 4.74 Å². The number of rotatable bonds is 6. The second-order valence-electron chi connectivity index (χ2n) is 4.54. The first-order chi connectivity index (χ1) is 6.79. The summed E-state index contributed by atoms with van der Waals surface area (Å²) >= 11 is 0. The summed E-state index contributed by atoms with van der Waals surface area (Å²) in [5, 5.41) is 3.41. The molecule has 2 heteroatoms. The molecule has 14 heavy (non-hydrogen) atoms. The minimum absolute atomic E-state index is 0.569. The van der Waals surface area contributed by atoms with Gasteiger partial charge >= 0.3 is 0 Å². The van der Waals surface area contributed by atoms with E-state index in [1.54, 1.807) is 0 Å². The topological polar surface area (TPSA) is 21.3 Å². The number of ether oxygens (including phenoxy) is 1. The zero-order valence-electron chi connectivity index (χ0n) is 9.88. The molecule has 1 aliphatic rings. The van der Waals surface area contributed by atoms with E-state index in [0.29, 0.717) is 6.04 Å². The minimum atomic E-state index is 0.569. The lowest BCUT2D eigenvalue weighted by molar-refractivity contribution is 0.0895. The third kappa shape index (κ3) is 3.25. The highest BCUT2D eigenvalue weighted by molar-refractivity contribution is 4.83. The van der Waals surface area contributed by atoms with E-state index < -0.39 is 0 Å². The lowest BCUT2D eigenvalue weighted by atomic mass is 9.91. The van der Waals surface area contributed by atoms with E-state index in [-0.39, 0.29) is 0 Å². The van der Waals surface area contributed by atoms with Gasteiger partial charge in [0.1, 0.15) is 0 Å². The van der Waals surface area contributed by atoms with E-state index in [1.165, 1.54) is 19.3 Å². The molecule has 0 bridgehead atoms. The summed E-state index contributed by atoms with van der Waals surface area (Å²) < 4.78 is 5.63. The fraction of sp³-hybridized carbons (Fsp3) is 1.00. The molecule has 3 atom stereocenters. The maximum Gasteiger partial charge on any atom is 0.0622 e. The molecule has 0 spiro atoms. The summed E-state index contributed by atoms with van der Waals surface area (Å²) in [6.45, 7) is 6.33. The molecule has 0 radical (unpaired) electrons. The van der Waals surface area contributed by atoms with Crippen LogP contribution in [0.5, 0.6) is 0 Å². The molecule has 1 N–H and O–H groups in total. The van der Waals surface area contributed by atoms with Crippen LogP contribution in [0.2, 0.25) is 0 Å². The molecule has 1 rings (SSSR count). The normalized spacial score (nSPS) is 29.4. The van der Waals surface area contributed by atoms with Crippen LogP contribution < -0.4 is 5.32 Å². The van der Waals surface area contributed by atoms with Crippen molar-refractivity contribution in [3.63, 3.8) is 0 Å². The molecule has 0 aromatic rings. The highest BCUT2D eigenvalue weighted by Crippen LogP contribution is 2.33. The molecule has 2 nitrogen and oxygen atoms in total. The maximum atomic E-state index is 5.63. The Balaban J connectivity index is 2.29. The molecule has 84 valence electrons. The Hall–Kier alpha value is -0.0800. The van der Waals surface area contributed by atoms with E-state index in [9.17, 15) is 0 Å². The van der Waals surface area contributed by atoms with Gasteiger partial charge in [0, 0.05) is 12.6 Å². The molecular formula is C12H25NO. The van der Waals surface area contributed by atoms with E-state index in [2.05, 4.69) is 26.2 Å². The molecule has 1 aliphatic carbocycles. The molecule has 0 aliphatic heterocycles. The molecule has 0 aromatic carbocycles. The summed E-state index contributed by atoms with van der Waals surface area (Å²) in [7, 11) is 2.06. The zero-order valence-corrected chi connectivity index (χ0v) is 9.88. The van der Waals surface area contributed by atoms with Crippen molar-refractivity contribution in [2.75, 3.05) is 20.3 Å². The van der Waals surface area contributed by atoms with Crippen molar-refractivity contribution in [1.82, 2.24) is 5.32 Å². The largest absolute Gasteiger partial charge is 0.380 e. The lowest BCUT2D eigenvalue weighted by Crippen LogP contribution is -2.39.